The molecule has 0 radical (unpaired) electrons. The minimum atomic E-state index is -0.335. The smallest absolute Gasteiger partial charge is 0.141 e. The summed E-state index contributed by atoms with van der Waals surface area (Å²) in [7, 11) is 1.95. The molecule has 8 aromatic rings. The van der Waals surface area contributed by atoms with Gasteiger partial charge in [-0.15, -0.1) is 0 Å². The molecule has 0 atom stereocenters. The van der Waals surface area contributed by atoms with Crippen LogP contribution in [0.3, 0.4) is 0 Å². The molecule has 0 unspecified atom stereocenters. The number of hydrogen-bond donors (Lipinski definition) is 1. The van der Waals surface area contributed by atoms with Gasteiger partial charge in [0.2, 0.25) is 0 Å². The highest BCUT2D eigenvalue weighted by atomic mass is 35.5. The zero-order chi connectivity index (χ0) is 46.1. The molecule has 2 aromatic carbocycles. The van der Waals surface area contributed by atoms with E-state index < -0.39 is 0 Å². The Morgan fingerprint density at radius 2 is 1.70 bits per heavy atom. The molecule has 340 valence electrons. The van der Waals surface area contributed by atoms with Gasteiger partial charge in [-0.1, -0.05) is 88.0 Å². The Balaban J connectivity index is 0.957. The molecule has 1 saturated carbocycles. The van der Waals surface area contributed by atoms with Crippen LogP contribution in [0.15, 0.2) is 90.1 Å². The maximum atomic E-state index is 9.59. The molecular weight excluding hydrogens is 842 g/mol. The summed E-state index contributed by atoms with van der Waals surface area (Å²) in [5.74, 6) is 3.33. The van der Waals surface area contributed by atoms with Crippen LogP contribution in [0.25, 0.3) is 39.3 Å². The molecule has 1 fully saturated rings. The Morgan fingerprint density at radius 3 is 2.39 bits per heavy atom. The third-order valence-electron chi connectivity index (χ3n) is 13.2. The van der Waals surface area contributed by atoms with E-state index in [9.17, 15) is 5.26 Å². The number of hydrogen-bond acceptors (Lipinski definition) is 8. The zero-order valence-corrected chi connectivity index (χ0v) is 40.0. The monoisotopic (exact) mass is 901 g/mol. The van der Waals surface area contributed by atoms with Gasteiger partial charge < -0.3 is 14.4 Å². The fraction of sp³-hybridized carbons (Fsp3) is 0.396. The van der Waals surface area contributed by atoms with Crippen LogP contribution in [-0.2, 0) is 51.2 Å². The van der Waals surface area contributed by atoms with Crippen molar-refractivity contribution in [3.63, 3.8) is 0 Å². The number of nitriles is 1. The predicted molar refractivity (Wildman–Crippen MR) is 262 cm³/mol. The molecule has 0 saturated heterocycles. The number of halogens is 1. The Hall–Kier alpha value is -6.45. The molecule has 6 aromatic heterocycles. The summed E-state index contributed by atoms with van der Waals surface area (Å²) in [5.41, 5.74) is 12.5. The van der Waals surface area contributed by atoms with Crippen LogP contribution in [0.4, 0.5) is 5.82 Å². The summed E-state index contributed by atoms with van der Waals surface area (Å²) in [6.45, 7) is 14.2. The first-order valence-corrected chi connectivity index (χ1v) is 23.8. The van der Waals surface area contributed by atoms with Crippen LogP contribution in [0.2, 0.25) is 5.02 Å². The standard InChI is InChI=1S/C53H60ClN11O/c1-34(2)25-47-60-50(51(40-17-13-38(28-55)14-18-40)64(47)23-21-39-29-56-62(7)31-39)42-30-57-63(32-42)33-53(5,6)44-19-15-37(26-45(44)54)16-20-46-52(58-43-11-9-8-10-12-43)65-24-22-41(27-48(65)59-46)49-35(3)61-66-36(49)4/h13-15,17-19,22,24,26-27,29-32,34,43,58H,8-12,16,20-21,23,25,33H2,1-7H3. The highest BCUT2D eigenvalue weighted by Gasteiger charge is 2.27. The number of fused-ring (bicyclic) bond motifs is 1. The number of nitrogens with zero attached hydrogens (tertiary/aromatic N) is 10. The van der Waals surface area contributed by atoms with Gasteiger partial charge in [-0.2, -0.15) is 15.5 Å². The van der Waals surface area contributed by atoms with E-state index in [2.05, 4.69) is 107 Å². The first kappa shape index (κ1) is 44.7. The van der Waals surface area contributed by atoms with Crippen molar-refractivity contribution in [2.75, 3.05) is 5.32 Å². The number of nitrogens with one attached hydrogen (secondary N) is 1. The van der Waals surface area contributed by atoms with E-state index in [-0.39, 0.29) is 5.41 Å². The quantitative estimate of drug-likeness (QED) is 0.101. The van der Waals surface area contributed by atoms with Gasteiger partial charge in [0, 0.05) is 71.8 Å². The van der Waals surface area contributed by atoms with Gasteiger partial charge in [0.25, 0.3) is 0 Å². The van der Waals surface area contributed by atoms with E-state index in [4.69, 9.17) is 31.2 Å². The molecule has 1 aliphatic carbocycles. The molecule has 0 spiro atoms. The first-order chi connectivity index (χ1) is 31.8. The fourth-order valence-electron chi connectivity index (χ4n) is 9.80. The normalized spacial score (nSPS) is 13.6. The van der Waals surface area contributed by atoms with Crippen LogP contribution in [-0.4, -0.2) is 49.7 Å². The van der Waals surface area contributed by atoms with Crippen molar-refractivity contribution in [1.29, 1.82) is 5.26 Å². The largest absolute Gasteiger partial charge is 0.367 e. The molecule has 13 heteroatoms. The van der Waals surface area contributed by atoms with Gasteiger partial charge in [-0.05, 0) is 104 Å². The Bertz CT molecular complexity index is 3000. The second-order valence-electron chi connectivity index (χ2n) is 19.3. The number of anilines is 1. The molecular formula is C53H60ClN11O. The van der Waals surface area contributed by atoms with Crippen molar-refractivity contribution in [2.24, 2.45) is 13.0 Å². The van der Waals surface area contributed by atoms with Gasteiger partial charge in [0.15, 0.2) is 0 Å². The Labute approximate surface area is 392 Å². The van der Waals surface area contributed by atoms with Gasteiger partial charge >= 0.3 is 0 Å². The Kier molecular flexibility index (Phi) is 12.7. The first-order valence-electron chi connectivity index (χ1n) is 23.4. The lowest BCUT2D eigenvalue weighted by Gasteiger charge is -2.26. The summed E-state index contributed by atoms with van der Waals surface area (Å²) in [6.07, 6.45) is 19.5. The summed E-state index contributed by atoms with van der Waals surface area (Å²) in [5, 5.41) is 27.8. The van der Waals surface area contributed by atoms with Crippen molar-refractivity contribution in [2.45, 2.75) is 124 Å². The van der Waals surface area contributed by atoms with Crippen molar-refractivity contribution in [3.05, 3.63) is 136 Å². The number of aromatic nitrogens is 9. The number of aryl methyl sites for hydroxylation is 6. The van der Waals surface area contributed by atoms with Crippen molar-refractivity contribution >= 4 is 23.1 Å². The number of rotatable bonds is 16. The molecule has 66 heavy (non-hydrogen) atoms. The van der Waals surface area contributed by atoms with Gasteiger partial charge in [0.05, 0.1) is 53.3 Å². The molecule has 9 rings (SSSR count). The topological polar surface area (TPSA) is 133 Å². The molecule has 1 aliphatic rings. The lowest BCUT2D eigenvalue weighted by Crippen LogP contribution is -2.25. The highest BCUT2D eigenvalue weighted by Crippen LogP contribution is 2.37. The lowest BCUT2D eigenvalue weighted by molar-refractivity contribution is 0.393. The van der Waals surface area contributed by atoms with Crippen LogP contribution < -0.4 is 5.32 Å². The van der Waals surface area contributed by atoms with E-state index in [1.165, 1.54) is 43.2 Å². The molecule has 0 aliphatic heterocycles. The maximum Gasteiger partial charge on any atom is 0.141 e. The second-order valence-corrected chi connectivity index (χ2v) is 19.7. The summed E-state index contributed by atoms with van der Waals surface area (Å²) < 4.78 is 13.9. The van der Waals surface area contributed by atoms with Crippen molar-refractivity contribution in [1.82, 2.24) is 43.7 Å². The van der Waals surface area contributed by atoms with Gasteiger partial charge in [0.1, 0.15) is 23.0 Å². The SMILES string of the molecule is Cc1noc(C)c1-c1ccn2c(NC3CCCCC3)c(CCc3ccc(C(C)(C)Cn4cc(-c5nc(CC(C)C)n(CCc6cnn(C)c6)c5-c5ccc(C#N)cc5)cn4)c(Cl)c3)nc2c1. The number of pyridine rings is 1. The maximum absolute atomic E-state index is 9.59. The summed E-state index contributed by atoms with van der Waals surface area (Å²) in [6, 6.07) is 21.3. The summed E-state index contributed by atoms with van der Waals surface area (Å²) >= 11 is 7.21. The zero-order valence-electron chi connectivity index (χ0n) is 39.3. The minimum Gasteiger partial charge on any atom is -0.367 e. The molecule has 12 nitrogen and oxygen atoms in total. The third-order valence-corrected chi connectivity index (χ3v) is 13.5. The van der Waals surface area contributed by atoms with Crippen LogP contribution in [0, 0.1) is 31.1 Å². The predicted octanol–water partition coefficient (Wildman–Crippen LogP) is 11.5. The second kappa shape index (κ2) is 18.8. The van der Waals surface area contributed by atoms with Crippen LogP contribution in [0.5, 0.6) is 0 Å². The van der Waals surface area contributed by atoms with E-state index >= 15 is 0 Å². The minimum absolute atomic E-state index is 0.335. The van der Waals surface area contributed by atoms with E-state index in [0.29, 0.717) is 24.1 Å². The van der Waals surface area contributed by atoms with Crippen molar-refractivity contribution < 1.29 is 4.52 Å². The van der Waals surface area contributed by atoms with Gasteiger partial charge in [-0.3, -0.25) is 13.8 Å². The van der Waals surface area contributed by atoms with Crippen LogP contribution >= 0.6 is 11.6 Å². The molecule has 6 heterocycles. The third kappa shape index (κ3) is 9.45. The van der Waals surface area contributed by atoms with E-state index in [0.717, 1.165) is 111 Å². The average molecular weight is 903 g/mol. The Morgan fingerprint density at radius 1 is 0.894 bits per heavy atom. The highest BCUT2D eigenvalue weighted by molar-refractivity contribution is 6.31. The van der Waals surface area contributed by atoms with Crippen LogP contribution in [0.1, 0.15) is 105 Å². The van der Waals surface area contributed by atoms with Crippen molar-refractivity contribution in [3.8, 4) is 39.7 Å². The number of imidazole rings is 2. The lowest BCUT2D eigenvalue weighted by atomic mass is 9.84. The average Bonchev–Trinajstić information content (AvgIpc) is 4.14. The fourth-order valence-corrected chi connectivity index (χ4v) is 10.3. The molecule has 0 amide bonds. The molecule has 0 bridgehead atoms. The number of benzene rings is 2. The molecule has 1 N–H and O–H groups in total. The van der Waals surface area contributed by atoms with Gasteiger partial charge in [-0.25, -0.2) is 9.97 Å². The van der Waals surface area contributed by atoms with E-state index in [1.54, 1.807) is 0 Å². The van der Waals surface area contributed by atoms with E-state index in [1.807, 2.05) is 66.9 Å². The summed E-state index contributed by atoms with van der Waals surface area (Å²) in [4.78, 5) is 10.6.